The van der Waals surface area contributed by atoms with Crippen molar-refractivity contribution >= 4 is 0 Å². The molecule has 0 aromatic carbocycles. The fourth-order valence-corrected chi connectivity index (χ4v) is 1.44. The highest BCUT2D eigenvalue weighted by Crippen LogP contribution is 2.05. The third-order valence-electron chi connectivity index (χ3n) is 2.92. The molecule has 0 radical (unpaired) electrons. The smallest absolute Gasteiger partial charge is 0.0189 e. The van der Waals surface area contributed by atoms with E-state index in [0.717, 1.165) is 19.0 Å². The summed E-state index contributed by atoms with van der Waals surface area (Å²) in [6.45, 7) is 12.6. The van der Waals surface area contributed by atoms with E-state index in [1.54, 1.807) is 0 Å². The van der Waals surface area contributed by atoms with Gasteiger partial charge < -0.3 is 10.2 Å². The van der Waals surface area contributed by atoms with Gasteiger partial charge in [0.15, 0.2) is 0 Å². The lowest BCUT2D eigenvalue weighted by Crippen LogP contribution is -2.40. The Morgan fingerprint density at radius 1 is 1.21 bits per heavy atom. The Morgan fingerprint density at radius 2 is 1.86 bits per heavy atom. The summed E-state index contributed by atoms with van der Waals surface area (Å²) in [4.78, 5) is 2.46. The van der Waals surface area contributed by atoms with Gasteiger partial charge in [-0.3, -0.25) is 0 Å². The molecule has 0 aliphatic rings. The van der Waals surface area contributed by atoms with Gasteiger partial charge in [-0.1, -0.05) is 27.2 Å². The van der Waals surface area contributed by atoms with E-state index in [-0.39, 0.29) is 0 Å². The van der Waals surface area contributed by atoms with E-state index in [9.17, 15) is 0 Å². The minimum atomic E-state index is 0.649. The van der Waals surface area contributed by atoms with Crippen molar-refractivity contribution in [2.24, 2.45) is 5.92 Å². The minimum Gasteiger partial charge on any atom is -0.315 e. The normalized spacial score (nSPS) is 15.9. The van der Waals surface area contributed by atoms with Crippen LogP contribution in [-0.4, -0.2) is 37.6 Å². The third kappa shape index (κ3) is 6.39. The van der Waals surface area contributed by atoms with Crippen LogP contribution < -0.4 is 5.32 Å². The van der Waals surface area contributed by atoms with Crippen molar-refractivity contribution in [1.29, 1.82) is 0 Å². The van der Waals surface area contributed by atoms with Gasteiger partial charge in [0.05, 0.1) is 0 Å². The molecule has 0 fully saturated rings. The SMILES string of the molecule is CCCNCC(C)N(C)CC(C)CC. The fraction of sp³-hybridized carbons (Fsp3) is 1.00. The summed E-state index contributed by atoms with van der Waals surface area (Å²) in [6.07, 6.45) is 2.50. The molecule has 86 valence electrons. The first-order valence-electron chi connectivity index (χ1n) is 6.02. The van der Waals surface area contributed by atoms with Crippen LogP contribution in [-0.2, 0) is 0 Å². The van der Waals surface area contributed by atoms with Crippen LogP contribution in [0.2, 0.25) is 0 Å². The molecule has 14 heavy (non-hydrogen) atoms. The van der Waals surface area contributed by atoms with Gasteiger partial charge in [-0.25, -0.2) is 0 Å². The fourth-order valence-electron chi connectivity index (χ4n) is 1.44. The molecule has 2 nitrogen and oxygen atoms in total. The second-order valence-corrected chi connectivity index (χ2v) is 4.51. The lowest BCUT2D eigenvalue weighted by atomic mass is 10.1. The molecule has 2 atom stereocenters. The highest BCUT2D eigenvalue weighted by Gasteiger charge is 2.10. The Balaban J connectivity index is 3.58. The molecule has 0 bridgehead atoms. The topological polar surface area (TPSA) is 15.3 Å². The number of nitrogens with zero attached hydrogens (tertiary/aromatic N) is 1. The second kappa shape index (κ2) is 8.25. The standard InChI is InChI=1S/C12H28N2/c1-6-8-13-9-12(4)14(5)10-11(3)7-2/h11-13H,6-10H2,1-5H3. The number of likely N-dealkylation sites (N-methyl/N-ethyl adjacent to an activating group) is 1. The van der Waals surface area contributed by atoms with Crippen molar-refractivity contribution in [3.8, 4) is 0 Å². The van der Waals surface area contributed by atoms with Gasteiger partial charge in [-0.15, -0.1) is 0 Å². The Labute approximate surface area is 90.1 Å². The van der Waals surface area contributed by atoms with Crippen LogP contribution in [0.1, 0.15) is 40.5 Å². The van der Waals surface area contributed by atoms with Gasteiger partial charge >= 0.3 is 0 Å². The molecule has 1 N–H and O–H groups in total. The Bertz CT molecular complexity index is 125. The molecule has 0 heterocycles. The molecule has 0 amide bonds. The van der Waals surface area contributed by atoms with Crippen molar-refractivity contribution in [2.45, 2.75) is 46.6 Å². The van der Waals surface area contributed by atoms with Gasteiger partial charge in [-0.2, -0.15) is 0 Å². The zero-order valence-corrected chi connectivity index (χ0v) is 10.6. The zero-order chi connectivity index (χ0) is 11.0. The van der Waals surface area contributed by atoms with Gasteiger partial charge in [0.2, 0.25) is 0 Å². The number of hydrogen-bond donors (Lipinski definition) is 1. The quantitative estimate of drug-likeness (QED) is 0.605. The lowest BCUT2D eigenvalue weighted by Gasteiger charge is -2.27. The van der Waals surface area contributed by atoms with Gasteiger partial charge in [0.1, 0.15) is 0 Å². The van der Waals surface area contributed by atoms with E-state index in [2.05, 4.69) is 45.0 Å². The first-order valence-corrected chi connectivity index (χ1v) is 6.02. The lowest BCUT2D eigenvalue weighted by molar-refractivity contribution is 0.217. The van der Waals surface area contributed by atoms with Crippen LogP contribution in [0.3, 0.4) is 0 Å². The van der Waals surface area contributed by atoms with Gasteiger partial charge in [-0.05, 0) is 32.9 Å². The van der Waals surface area contributed by atoms with E-state index in [1.165, 1.54) is 19.4 Å². The molecule has 0 aliphatic carbocycles. The molecule has 0 spiro atoms. The molecule has 2 heteroatoms. The van der Waals surface area contributed by atoms with E-state index in [4.69, 9.17) is 0 Å². The molecular formula is C12H28N2. The zero-order valence-electron chi connectivity index (χ0n) is 10.6. The van der Waals surface area contributed by atoms with Gasteiger partial charge in [0, 0.05) is 19.1 Å². The summed E-state index contributed by atoms with van der Waals surface area (Å²) < 4.78 is 0. The van der Waals surface area contributed by atoms with Crippen LogP contribution in [0.5, 0.6) is 0 Å². The summed E-state index contributed by atoms with van der Waals surface area (Å²) in [6, 6.07) is 0.649. The number of nitrogens with one attached hydrogen (secondary N) is 1. The largest absolute Gasteiger partial charge is 0.315 e. The maximum atomic E-state index is 3.47. The monoisotopic (exact) mass is 200 g/mol. The summed E-state index contributed by atoms with van der Waals surface area (Å²) >= 11 is 0. The number of hydrogen-bond acceptors (Lipinski definition) is 2. The Hall–Kier alpha value is -0.0800. The maximum absolute atomic E-state index is 3.47. The van der Waals surface area contributed by atoms with Crippen molar-refractivity contribution < 1.29 is 0 Å². The van der Waals surface area contributed by atoms with Crippen LogP contribution in [0.4, 0.5) is 0 Å². The Morgan fingerprint density at radius 3 is 2.36 bits per heavy atom. The van der Waals surface area contributed by atoms with Crippen LogP contribution in [0.25, 0.3) is 0 Å². The summed E-state index contributed by atoms with van der Waals surface area (Å²) in [5, 5.41) is 3.47. The summed E-state index contributed by atoms with van der Waals surface area (Å²) in [7, 11) is 2.23. The summed E-state index contributed by atoms with van der Waals surface area (Å²) in [5.41, 5.74) is 0. The highest BCUT2D eigenvalue weighted by atomic mass is 15.1. The third-order valence-corrected chi connectivity index (χ3v) is 2.92. The average molecular weight is 200 g/mol. The average Bonchev–Trinajstić information content (AvgIpc) is 2.17. The van der Waals surface area contributed by atoms with Gasteiger partial charge in [0.25, 0.3) is 0 Å². The molecule has 0 aromatic heterocycles. The predicted molar refractivity (Wildman–Crippen MR) is 64.7 cm³/mol. The van der Waals surface area contributed by atoms with E-state index in [0.29, 0.717) is 6.04 Å². The summed E-state index contributed by atoms with van der Waals surface area (Å²) in [5.74, 6) is 0.814. The van der Waals surface area contributed by atoms with Crippen LogP contribution in [0, 0.1) is 5.92 Å². The number of rotatable bonds is 8. The first-order chi connectivity index (χ1) is 6.61. The molecule has 0 saturated heterocycles. The molecule has 0 rings (SSSR count). The molecule has 0 saturated carbocycles. The van der Waals surface area contributed by atoms with E-state index < -0.39 is 0 Å². The predicted octanol–water partition coefficient (Wildman–Crippen LogP) is 2.35. The molecular weight excluding hydrogens is 172 g/mol. The highest BCUT2D eigenvalue weighted by molar-refractivity contribution is 4.68. The van der Waals surface area contributed by atoms with E-state index >= 15 is 0 Å². The van der Waals surface area contributed by atoms with E-state index in [1.807, 2.05) is 0 Å². The van der Waals surface area contributed by atoms with Crippen LogP contribution in [0.15, 0.2) is 0 Å². The molecule has 0 aliphatic heterocycles. The first kappa shape index (κ1) is 13.9. The van der Waals surface area contributed by atoms with Crippen molar-refractivity contribution in [3.63, 3.8) is 0 Å². The van der Waals surface area contributed by atoms with Crippen molar-refractivity contribution in [3.05, 3.63) is 0 Å². The Kier molecular flexibility index (Phi) is 8.20. The minimum absolute atomic E-state index is 0.649. The van der Waals surface area contributed by atoms with Crippen molar-refractivity contribution in [1.82, 2.24) is 10.2 Å². The molecule has 0 aromatic rings. The second-order valence-electron chi connectivity index (χ2n) is 4.51. The van der Waals surface area contributed by atoms with Crippen LogP contribution >= 0.6 is 0 Å². The molecule has 2 unspecified atom stereocenters. The van der Waals surface area contributed by atoms with Crippen molar-refractivity contribution in [2.75, 3.05) is 26.7 Å². The maximum Gasteiger partial charge on any atom is 0.0189 e.